The number of non-ortho nitro benzene ring substituents is 1. The zero-order valence-electron chi connectivity index (χ0n) is 19.6. The lowest BCUT2D eigenvalue weighted by atomic mass is 9.76. The summed E-state index contributed by atoms with van der Waals surface area (Å²) >= 11 is 0. The predicted octanol–water partition coefficient (Wildman–Crippen LogP) is 3.45. The first-order valence-corrected chi connectivity index (χ1v) is 11.7. The summed E-state index contributed by atoms with van der Waals surface area (Å²) in [5.74, 6) is -4.77. The second kappa shape index (κ2) is 9.44. The number of hydrogen-bond donors (Lipinski definition) is 2. The number of rotatable bonds is 7. The van der Waals surface area contributed by atoms with Crippen molar-refractivity contribution in [3.8, 4) is 0 Å². The van der Waals surface area contributed by atoms with Gasteiger partial charge in [0, 0.05) is 24.6 Å². The average molecular weight is 498 g/mol. The highest BCUT2D eigenvalue weighted by atomic mass is 16.6. The normalized spacial score (nSPS) is 25.0. The third-order valence-electron chi connectivity index (χ3n) is 6.99. The summed E-state index contributed by atoms with van der Waals surface area (Å²) in [6.07, 6.45) is 3.47. The van der Waals surface area contributed by atoms with Gasteiger partial charge in [-0.3, -0.25) is 29.8 Å². The minimum absolute atomic E-state index is 0.0260. The van der Waals surface area contributed by atoms with Crippen molar-refractivity contribution < 1.29 is 24.4 Å². The molecule has 2 aliphatic heterocycles. The fourth-order valence-corrected chi connectivity index (χ4v) is 5.34. The van der Waals surface area contributed by atoms with Gasteiger partial charge in [0.15, 0.2) is 0 Å². The summed E-state index contributed by atoms with van der Waals surface area (Å²) in [5, 5.41) is 24.9. The Morgan fingerprint density at radius 2 is 1.68 bits per heavy atom. The quantitative estimate of drug-likeness (QED) is 0.290. The van der Waals surface area contributed by atoms with Gasteiger partial charge in [0.05, 0.1) is 22.4 Å². The van der Waals surface area contributed by atoms with Crippen molar-refractivity contribution in [3.63, 3.8) is 0 Å². The Balaban J connectivity index is 1.61. The van der Waals surface area contributed by atoms with Gasteiger partial charge in [-0.15, -0.1) is 0 Å². The van der Waals surface area contributed by atoms with E-state index >= 15 is 0 Å². The summed E-state index contributed by atoms with van der Waals surface area (Å²) in [5.41, 5.74) is -0.451. The monoisotopic (exact) mass is 497 g/mol. The molecule has 0 spiro atoms. The smallest absolute Gasteiger partial charge is 0.325 e. The predicted molar refractivity (Wildman–Crippen MR) is 135 cm³/mol. The van der Waals surface area contributed by atoms with Crippen LogP contribution in [0.1, 0.15) is 11.1 Å². The lowest BCUT2D eigenvalue weighted by Gasteiger charge is -2.31. The fourth-order valence-electron chi connectivity index (χ4n) is 5.34. The molecule has 5 rings (SSSR count). The highest BCUT2D eigenvalue weighted by molar-refractivity contribution is 6.24. The summed E-state index contributed by atoms with van der Waals surface area (Å²) in [6, 6.07) is 22.7. The second-order valence-corrected chi connectivity index (χ2v) is 9.17. The van der Waals surface area contributed by atoms with Gasteiger partial charge in [0.1, 0.15) is 5.54 Å². The van der Waals surface area contributed by atoms with Gasteiger partial charge in [-0.2, -0.15) is 0 Å². The number of carbonyl (C=O) groups is 3. The minimum atomic E-state index is -1.76. The molecule has 0 aliphatic carbocycles. The van der Waals surface area contributed by atoms with Gasteiger partial charge in [-0.25, -0.2) is 4.90 Å². The van der Waals surface area contributed by atoms with Crippen molar-refractivity contribution in [3.05, 3.63) is 112 Å². The van der Waals surface area contributed by atoms with Crippen LogP contribution in [0.15, 0.2) is 91.0 Å². The number of carboxylic acid groups (broad SMARTS) is 1. The Hall–Kier alpha value is -4.63. The number of hydrogen-bond acceptors (Lipinski definition) is 6. The van der Waals surface area contributed by atoms with Crippen LogP contribution in [-0.2, 0) is 20.8 Å². The number of carbonyl (C=O) groups excluding carboxylic acids is 2. The van der Waals surface area contributed by atoms with E-state index in [-0.39, 0.29) is 17.8 Å². The molecule has 2 aliphatic rings. The van der Waals surface area contributed by atoms with E-state index in [2.05, 4.69) is 5.32 Å². The number of nitro groups is 1. The molecule has 2 fully saturated rings. The molecule has 2 saturated heterocycles. The number of imide groups is 1. The molecule has 186 valence electrons. The van der Waals surface area contributed by atoms with E-state index in [1.165, 1.54) is 18.2 Å². The number of amides is 2. The van der Waals surface area contributed by atoms with Crippen molar-refractivity contribution >= 4 is 35.2 Å². The van der Waals surface area contributed by atoms with Crippen LogP contribution in [0.2, 0.25) is 0 Å². The van der Waals surface area contributed by atoms with Crippen LogP contribution in [0.5, 0.6) is 0 Å². The van der Waals surface area contributed by atoms with Crippen LogP contribution >= 0.6 is 0 Å². The largest absolute Gasteiger partial charge is 0.480 e. The number of nitrogens with zero attached hydrogens (tertiary/aromatic N) is 2. The van der Waals surface area contributed by atoms with E-state index in [4.69, 9.17) is 0 Å². The molecule has 3 aromatic rings. The number of carboxylic acids is 1. The maximum Gasteiger partial charge on any atom is 0.325 e. The van der Waals surface area contributed by atoms with Crippen LogP contribution in [0.3, 0.4) is 0 Å². The van der Waals surface area contributed by atoms with E-state index < -0.39 is 46.1 Å². The van der Waals surface area contributed by atoms with Crippen molar-refractivity contribution in [2.75, 3.05) is 4.90 Å². The topological polar surface area (TPSA) is 130 Å². The molecule has 0 saturated carbocycles. The molecule has 4 atom stereocenters. The maximum absolute atomic E-state index is 13.8. The first-order chi connectivity index (χ1) is 17.8. The van der Waals surface area contributed by atoms with Crippen molar-refractivity contribution in [2.24, 2.45) is 11.8 Å². The number of fused-ring (bicyclic) bond motifs is 1. The van der Waals surface area contributed by atoms with Gasteiger partial charge in [0.25, 0.3) is 5.69 Å². The van der Waals surface area contributed by atoms with Crippen molar-refractivity contribution in [1.29, 1.82) is 0 Å². The summed E-state index contributed by atoms with van der Waals surface area (Å²) < 4.78 is 0. The molecule has 4 unspecified atom stereocenters. The first kappa shape index (κ1) is 24.1. The Morgan fingerprint density at radius 3 is 2.32 bits per heavy atom. The Morgan fingerprint density at radius 1 is 1.00 bits per heavy atom. The number of benzene rings is 3. The van der Waals surface area contributed by atoms with Gasteiger partial charge in [-0.1, -0.05) is 78.9 Å². The van der Waals surface area contributed by atoms with Crippen LogP contribution in [0.4, 0.5) is 11.4 Å². The molecule has 2 heterocycles. The summed E-state index contributed by atoms with van der Waals surface area (Å²) in [4.78, 5) is 52.0. The molecule has 9 nitrogen and oxygen atoms in total. The zero-order chi connectivity index (χ0) is 26.2. The van der Waals surface area contributed by atoms with Crippen LogP contribution in [0.25, 0.3) is 6.08 Å². The third kappa shape index (κ3) is 4.19. The Labute approximate surface area is 212 Å². The average Bonchev–Trinajstić information content (AvgIpc) is 3.37. The molecule has 0 radical (unpaired) electrons. The summed E-state index contributed by atoms with van der Waals surface area (Å²) in [7, 11) is 0. The van der Waals surface area contributed by atoms with E-state index in [1.807, 2.05) is 36.4 Å². The van der Waals surface area contributed by atoms with E-state index in [0.717, 1.165) is 16.5 Å². The molecule has 9 heteroatoms. The highest BCUT2D eigenvalue weighted by Crippen LogP contribution is 2.46. The highest BCUT2D eigenvalue weighted by Gasteiger charge is 2.68. The SMILES string of the molecule is O=C1C2C(C=Cc3ccccc3)NC(Cc3ccccc3)(C(=O)O)C2C(=O)N1c1cccc([N+](=O)[O-])c1. The number of nitro benzene ring substituents is 1. The number of aliphatic carboxylic acids is 1. The maximum atomic E-state index is 13.8. The number of nitrogens with one attached hydrogen (secondary N) is 1. The molecule has 3 aromatic carbocycles. The molecule has 0 aromatic heterocycles. The van der Waals surface area contributed by atoms with E-state index in [1.54, 1.807) is 36.4 Å². The molecule has 0 bridgehead atoms. The van der Waals surface area contributed by atoms with Gasteiger partial charge < -0.3 is 5.11 Å². The number of anilines is 1. The minimum Gasteiger partial charge on any atom is -0.480 e. The van der Waals surface area contributed by atoms with Gasteiger partial charge >= 0.3 is 5.97 Å². The fraction of sp³-hybridized carbons (Fsp3) is 0.179. The molecule has 2 amide bonds. The molecule has 37 heavy (non-hydrogen) atoms. The van der Waals surface area contributed by atoms with E-state index in [9.17, 15) is 29.6 Å². The Bertz CT molecular complexity index is 1410. The van der Waals surface area contributed by atoms with Crippen molar-refractivity contribution in [1.82, 2.24) is 5.32 Å². The lowest BCUT2D eigenvalue weighted by Crippen LogP contribution is -2.58. The standard InChI is InChI=1S/C28H23N3O6/c32-25-23-22(15-14-18-8-3-1-4-9-18)29-28(27(34)35,17-19-10-5-2-6-11-19)24(23)26(33)30(25)20-12-7-13-21(16-20)31(36)37/h1-16,22-24,29H,17H2,(H,34,35). The molecular formula is C28H23N3O6. The third-order valence-corrected chi connectivity index (χ3v) is 6.99. The second-order valence-electron chi connectivity index (χ2n) is 9.17. The first-order valence-electron chi connectivity index (χ1n) is 11.7. The van der Waals surface area contributed by atoms with Crippen LogP contribution in [0, 0.1) is 22.0 Å². The van der Waals surface area contributed by atoms with Crippen LogP contribution < -0.4 is 10.2 Å². The van der Waals surface area contributed by atoms with Crippen molar-refractivity contribution in [2.45, 2.75) is 18.0 Å². The van der Waals surface area contributed by atoms with Crippen LogP contribution in [-0.4, -0.2) is 39.4 Å². The molecular weight excluding hydrogens is 474 g/mol. The summed E-state index contributed by atoms with van der Waals surface area (Å²) in [6.45, 7) is 0. The molecule has 2 N–H and O–H groups in total. The van der Waals surface area contributed by atoms with Gasteiger partial charge in [-0.05, 0) is 17.2 Å². The zero-order valence-corrected chi connectivity index (χ0v) is 19.6. The van der Waals surface area contributed by atoms with E-state index in [0.29, 0.717) is 5.56 Å². The lowest BCUT2D eigenvalue weighted by molar-refractivity contribution is -0.384. The van der Waals surface area contributed by atoms with Gasteiger partial charge in [0.2, 0.25) is 11.8 Å². The Kier molecular flexibility index (Phi) is 6.14.